The Morgan fingerprint density at radius 3 is 2.37 bits per heavy atom. The molecule has 0 saturated carbocycles. The van der Waals surface area contributed by atoms with Crippen LogP contribution in [-0.4, -0.2) is 63.8 Å². The van der Waals surface area contributed by atoms with E-state index in [4.69, 9.17) is 14.2 Å². The van der Waals surface area contributed by atoms with Crippen LogP contribution in [0.5, 0.6) is 0 Å². The monoisotopic (exact) mass is 531 g/mol. The van der Waals surface area contributed by atoms with E-state index in [1.807, 2.05) is 30.3 Å². The molecule has 3 amide bonds. The molecule has 2 rings (SSSR count). The van der Waals surface area contributed by atoms with Crippen molar-refractivity contribution in [2.45, 2.75) is 71.9 Å². The zero-order chi connectivity index (χ0) is 28.3. The number of imidazole rings is 1. The number of anilines is 1. The molecule has 0 saturated heterocycles. The van der Waals surface area contributed by atoms with Crippen molar-refractivity contribution >= 4 is 29.7 Å². The second kappa shape index (κ2) is 13.6. The molecule has 0 fully saturated rings. The largest absolute Gasteiger partial charge is 0.465 e. The van der Waals surface area contributed by atoms with Crippen LogP contribution in [0.15, 0.2) is 42.9 Å². The lowest BCUT2D eigenvalue weighted by atomic mass is 10.0. The summed E-state index contributed by atoms with van der Waals surface area (Å²) in [7, 11) is 0. The van der Waals surface area contributed by atoms with Crippen LogP contribution in [0.25, 0.3) is 0 Å². The Kier molecular flexibility index (Phi) is 10.8. The lowest BCUT2D eigenvalue weighted by Gasteiger charge is -2.29. The molecule has 1 heterocycles. The molecule has 0 bridgehead atoms. The van der Waals surface area contributed by atoms with Gasteiger partial charge in [0.15, 0.2) is 5.82 Å². The first-order valence-electron chi connectivity index (χ1n) is 12.2. The number of carbonyl (C=O) groups excluding carboxylic acids is 4. The predicted octanol–water partition coefficient (Wildman–Crippen LogP) is 2.39. The Morgan fingerprint density at radius 1 is 1.05 bits per heavy atom. The highest BCUT2D eigenvalue weighted by atomic mass is 16.6. The Bertz CT molecular complexity index is 1090. The standard InChI is InChI=1S/C26H37N5O7/c1-7-37-21(32)14-31-13-20(27-17-31)29-22(33)19(16-36-15-18-11-9-8-10-12-18)28-23(34)26(5,6)30-24(35)38-25(2,3)4/h8-13,17,19H,7,14-16H2,1-6H3,(H,28,34)(H,29,33)(H,30,35)/t19-/m1/s1. The first kappa shape index (κ1) is 30.3. The smallest absolute Gasteiger partial charge is 0.408 e. The average Bonchev–Trinajstić information content (AvgIpc) is 3.23. The van der Waals surface area contributed by atoms with Gasteiger partial charge in [-0.15, -0.1) is 0 Å². The molecule has 0 aliphatic carbocycles. The van der Waals surface area contributed by atoms with Gasteiger partial charge < -0.3 is 34.7 Å². The Hall–Kier alpha value is -3.93. The van der Waals surface area contributed by atoms with Gasteiger partial charge in [0.25, 0.3) is 5.91 Å². The van der Waals surface area contributed by atoms with Crippen LogP contribution in [-0.2, 0) is 41.7 Å². The molecule has 1 aromatic carbocycles. The third kappa shape index (κ3) is 10.6. The summed E-state index contributed by atoms with van der Waals surface area (Å²) in [5.74, 6) is -1.49. The first-order chi connectivity index (χ1) is 17.8. The molecule has 12 nitrogen and oxygen atoms in total. The van der Waals surface area contributed by atoms with Gasteiger partial charge in [0.2, 0.25) is 5.91 Å². The van der Waals surface area contributed by atoms with Crippen molar-refractivity contribution < 1.29 is 33.4 Å². The highest BCUT2D eigenvalue weighted by Gasteiger charge is 2.34. The zero-order valence-corrected chi connectivity index (χ0v) is 22.7. The van der Waals surface area contributed by atoms with Gasteiger partial charge >= 0.3 is 12.1 Å². The van der Waals surface area contributed by atoms with Gasteiger partial charge in [-0.25, -0.2) is 9.78 Å². The van der Waals surface area contributed by atoms with E-state index in [-0.39, 0.29) is 32.2 Å². The predicted molar refractivity (Wildman–Crippen MR) is 139 cm³/mol. The van der Waals surface area contributed by atoms with E-state index in [2.05, 4.69) is 20.9 Å². The van der Waals surface area contributed by atoms with Crippen LogP contribution in [0.3, 0.4) is 0 Å². The summed E-state index contributed by atoms with van der Waals surface area (Å²) in [6.07, 6.45) is 2.07. The van der Waals surface area contributed by atoms with Crippen molar-refractivity contribution in [1.82, 2.24) is 20.2 Å². The van der Waals surface area contributed by atoms with Gasteiger partial charge in [-0.1, -0.05) is 30.3 Å². The molecular formula is C26H37N5O7. The Labute approximate surface area is 222 Å². The summed E-state index contributed by atoms with van der Waals surface area (Å²) in [4.78, 5) is 54.2. The fourth-order valence-electron chi connectivity index (χ4n) is 3.09. The highest BCUT2D eigenvalue weighted by Crippen LogP contribution is 2.11. The minimum Gasteiger partial charge on any atom is -0.465 e. The molecule has 208 valence electrons. The summed E-state index contributed by atoms with van der Waals surface area (Å²) in [6.45, 7) is 10.0. The van der Waals surface area contributed by atoms with Crippen molar-refractivity contribution in [3.63, 3.8) is 0 Å². The molecule has 0 aliphatic heterocycles. The average molecular weight is 532 g/mol. The van der Waals surface area contributed by atoms with Gasteiger partial charge in [0.05, 0.1) is 26.1 Å². The second-order valence-corrected chi connectivity index (χ2v) is 10.0. The van der Waals surface area contributed by atoms with Gasteiger partial charge in [-0.2, -0.15) is 0 Å². The number of nitrogens with one attached hydrogen (secondary N) is 3. The lowest BCUT2D eigenvalue weighted by molar-refractivity contribution is -0.143. The maximum Gasteiger partial charge on any atom is 0.408 e. The topological polar surface area (TPSA) is 150 Å². The molecule has 38 heavy (non-hydrogen) atoms. The van der Waals surface area contributed by atoms with Crippen LogP contribution in [0.2, 0.25) is 0 Å². The number of hydrogen-bond donors (Lipinski definition) is 3. The van der Waals surface area contributed by atoms with E-state index in [1.165, 1.54) is 30.9 Å². The molecule has 0 radical (unpaired) electrons. The Morgan fingerprint density at radius 2 is 1.74 bits per heavy atom. The SMILES string of the molecule is CCOC(=O)Cn1cnc(NC(=O)[C@@H](COCc2ccccc2)NC(=O)C(C)(C)NC(=O)OC(C)(C)C)c1. The molecule has 0 unspecified atom stereocenters. The summed E-state index contributed by atoms with van der Waals surface area (Å²) < 4.78 is 17.3. The lowest BCUT2D eigenvalue weighted by Crippen LogP contribution is -2.59. The summed E-state index contributed by atoms with van der Waals surface area (Å²) in [5, 5.41) is 7.76. The van der Waals surface area contributed by atoms with Crippen molar-refractivity contribution in [2.24, 2.45) is 0 Å². The molecule has 0 aliphatic rings. The minimum absolute atomic E-state index is 0.0679. The Balaban J connectivity index is 2.09. The van der Waals surface area contributed by atoms with Crippen LogP contribution < -0.4 is 16.0 Å². The van der Waals surface area contributed by atoms with E-state index in [9.17, 15) is 19.2 Å². The third-order valence-corrected chi connectivity index (χ3v) is 4.90. The van der Waals surface area contributed by atoms with E-state index >= 15 is 0 Å². The van der Waals surface area contributed by atoms with Crippen LogP contribution in [0, 0.1) is 0 Å². The summed E-state index contributed by atoms with van der Waals surface area (Å²) in [5.41, 5.74) is -1.26. The zero-order valence-electron chi connectivity index (χ0n) is 22.7. The number of nitrogens with zero attached hydrogens (tertiary/aromatic N) is 2. The van der Waals surface area contributed by atoms with Crippen molar-refractivity contribution in [3.05, 3.63) is 48.4 Å². The number of amides is 3. The maximum atomic E-state index is 13.1. The van der Waals surface area contributed by atoms with Gasteiger partial charge in [-0.05, 0) is 47.1 Å². The fourth-order valence-corrected chi connectivity index (χ4v) is 3.09. The highest BCUT2D eigenvalue weighted by molar-refractivity contribution is 5.98. The molecule has 2 aromatic rings. The molecule has 1 aromatic heterocycles. The van der Waals surface area contributed by atoms with Crippen molar-refractivity contribution in [3.8, 4) is 0 Å². The van der Waals surface area contributed by atoms with Crippen LogP contribution in [0.4, 0.5) is 10.6 Å². The van der Waals surface area contributed by atoms with Crippen LogP contribution >= 0.6 is 0 Å². The number of carbonyl (C=O) groups is 4. The number of alkyl carbamates (subject to hydrolysis) is 1. The molecule has 3 N–H and O–H groups in total. The van der Waals surface area contributed by atoms with E-state index < -0.39 is 41.1 Å². The summed E-state index contributed by atoms with van der Waals surface area (Å²) >= 11 is 0. The van der Waals surface area contributed by atoms with Crippen molar-refractivity contribution in [2.75, 3.05) is 18.5 Å². The van der Waals surface area contributed by atoms with Gasteiger partial charge in [0, 0.05) is 6.20 Å². The fraction of sp³-hybridized carbons (Fsp3) is 0.500. The number of esters is 1. The first-order valence-corrected chi connectivity index (χ1v) is 12.2. The molecule has 0 spiro atoms. The van der Waals surface area contributed by atoms with E-state index in [0.717, 1.165) is 5.56 Å². The quantitative estimate of drug-likeness (QED) is 0.353. The summed E-state index contributed by atoms with van der Waals surface area (Å²) in [6, 6.07) is 8.22. The number of aromatic nitrogens is 2. The minimum atomic E-state index is -1.40. The van der Waals surface area contributed by atoms with E-state index in [1.54, 1.807) is 27.7 Å². The van der Waals surface area contributed by atoms with Crippen LogP contribution in [0.1, 0.15) is 47.1 Å². The van der Waals surface area contributed by atoms with Gasteiger partial charge in [-0.3, -0.25) is 14.4 Å². The second-order valence-electron chi connectivity index (χ2n) is 10.0. The number of rotatable bonds is 12. The number of ether oxygens (including phenoxy) is 3. The molecular weight excluding hydrogens is 494 g/mol. The third-order valence-electron chi connectivity index (χ3n) is 4.90. The molecule has 1 atom stereocenters. The number of hydrogen-bond acceptors (Lipinski definition) is 8. The van der Waals surface area contributed by atoms with E-state index in [0.29, 0.717) is 0 Å². The van der Waals surface area contributed by atoms with Crippen molar-refractivity contribution in [1.29, 1.82) is 0 Å². The maximum absolute atomic E-state index is 13.1. The number of benzene rings is 1. The van der Waals surface area contributed by atoms with Gasteiger partial charge in [0.1, 0.15) is 23.7 Å². The normalized spacial score (nSPS) is 12.3. The molecule has 12 heteroatoms.